The summed E-state index contributed by atoms with van der Waals surface area (Å²) < 4.78 is 7.74. The summed E-state index contributed by atoms with van der Waals surface area (Å²) in [5.74, 6) is -0.119. The van der Waals surface area contributed by atoms with Gasteiger partial charge in [0, 0.05) is 18.1 Å². The number of carbonyl (C=O) groups is 1. The van der Waals surface area contributed by atoms with Gasteiger partial charge in [-0.05, 0) is 52.1 Å². The molecular formula is C18H31N5O2. The lowest BCUT2D eigenvalue weighted by atomic mass is 9.58. The van der Waals surface area contributed by atoms with Crippen LogP contribution in [-0.2, 0) is 4.74 Å². The van der Waals surface area contributed by atoms with Gasteiger partial charge in [0.1, 0.15) is 0 Å². The lowest BCUT2D eigenvalue weighted by Crippen LogP contribution is -2.64. The van der Waals surface area contributed by atoms with Gasteiger partial charge in [-0.1, -0.05) is 19.1 Å². The first-order valence-corrected chi connectivity index (χ1v) is 9.69. The lowest BCUT2D eigenvalue weighted by molar-refractivity contribution is -0.134. The second-order valence-electron chi connectivity index (χ2n) is 7.21. The molecule has 0 radical (unpaired) electrons. The first-order valence-electron chi connectivity index (χ1n) is 9.69. The molecule has 1 aromatic rings. The van der Waals surface area contributed by atoms with Crippen molar-refractivity contribution in [2.75, 3.05) is 19.7 Å². The average molecular weight is 349 g/mol. The second kappa shape index (κ2) is 7.83. The summed E-state index contributed by atoms with van der Waals surface area (Å²) in [7, 11) is 0. The van der Waals surface area contributed by atoms with Crippen molar-refractivity contribution in [2.45, 2.75) is 71.1 Å². The summed E-state index contributed by atoms with van der Waals surface area (Å²) in [6.07, 6.45) is 6.97. The van der Waals surface area contributed by atoms with Crippen LogP contribution in [0.3, 0.4) is 0 Å². The minimum Gasteiger partial charge on any atom is -0.378 e. The van der Waals surface area contributed by atoms with Crippen LogP contribution in [0.25, 0.3) is 0 Å². The molecule has 140 valence electrons. The number of rotatable bonds is 7. The molecule has 2 aliphatic rings. The van der Waals surface area contributed by atoms with E-state index < -0.39 is 0 Å². The molecule has 2 fully saturated rings. The number of aromatic nitrogens is 3. The van der Waals surface area contributed by atoms with E-state index in [2.05, 4.69) is 34.8 Å². The molecule has 1 aromatic heterocycles. The predicted octanol–water partition coefficient (Wildman–Crippen LogP) is 1.92. The molecule has 1 saturated heterocycles. The number of nitrogens with one attached hydrogen (secondary N) is 2. The Morgan fingerprint density at radius 2 is 2.08 bits per heavy atom. The van der Waals surface area contributed by atoms with Crippen LogP contribution in [0, 0.1) is 5.41 Å². The number of hydrogen-bond donors (Lipinski definition) is 2. The van der Waals surface area contributed by atoms with Gasteiger partial charge in [0.05, 0.1) is 18.3 Å². The van der Waals surface area contributed by atoms with Gasteiger partial charge in [-0.2, -0.15) is 0 Å². The maximum Gasteiger partial charge on any atom is 0.273 e. The third-order valence-electron chi connectivity index (χ3n) is 6.20. The van der Waals surface area contributed by atoms with Crippen molar-refractivity contribution in [3.63, 3.8) is 0 Å². The molecule has 2 heterocycles. The van der Waals surface area contributed by atoms with Gasteiger partial charge in [-0.15, -0.1) is 5.10 Å². The topological polar surface area (TPSA) is 81.1 Å². The number of amides is 1. The Hall–Kier alpha value is -1.47. The fourth-order valence-electron chi connectivity index (χ4n) is 4.45. The third-order valence-corrected chi connectivity index (χ3v) is 6.20. The van der Waals surface area contributed by atoms with Crippen LogP contribution in [0.1, 0.15) is 69.4 Å². The van der Waals surface area contributed by atoms with Crippen molar-refractivity contribution in [1.29, 1.82) is 0 Å². The Balaban J connectivity index is 1.63. The van der Waals surface area contributed by atoms with Crippen LogP contribution < -0.4 is 10.6 Å². The van der Waals surface area contributed by atoms with Gasteiger partial charge in [-0.3, -0.25) is 4.79 Å². The highest BCUT2D eigenvalue weighted by molar-refractivity contribution is 5.92. The average Bonchev–Trinajstić information content (AvgIpc) is 3.13. The van der Waals surface area contributed by atoms with Gasteiger partial charge >= 0.3 is 0 Å². The van der Waals surface area contributed by atoms with Gasteiger partial charge in [0.2, 0.25) is 0 Å². The highest BCUT2D eigenvalue weighted by atomic mass is 16.5. The molecule has 0 aromatic carbocycles. The first kappa shape index (κ1) is 18.3. The molecule has 2 N–H and O–H groups in total. The number of ether oxygens (including phenoxy) is 1. The maximum atomic E-state index is 12.6. The summed E-state index contributed by atoms with van der Waals surface area (Å²) in [4.78, 5) is 12.6. The summed E-state index contributed by atoms with van der Waals surface area (Å²) in [6.45, 7) is 9.09. The van der Waals surface area contributed by atoms with E-state index in [4.69, 9.17) is 4.74 Å². The Labute approximate surface area is 149 Å². The van der Waals surface area contributed by atoms with E-state index in [9.17, 15) is 4.79 Å². The number of hydrogen-bond acceptors (Lipinski definition) is 5. The number of carbonyl (C=O) groups excluding carboxylic acids is 1. The van der Waals surface area contributed by atoms with Crippen molar-refractivity contribution in [3.8, 4) is 0 Å². The smallest absolute Gasteiger partial charge is 0.273 e. The monoisotopic (exact) mass is 349 g/mol. The number of piperidine rings is 1. The fraction of sp³-hybridized carbons (Fsp3) is 0.833. The fourth-order valence-corrected chi connectivity index (χ4v) is 4.45. The van der Waals surface area contributed by atoms with Crippen LogP contribution in [0.15, 0.2) is 6.20 Å². The molecule has 2 unspecified atom stereocenters. The third kappa shape index (κ3) is 3.44. The van der Waals surface area contributed by atoms with Crippen molar-refractivity contribution < 1.29 is 9.53 Å². The van der Waals surface area contributed by atoms with Gasteiger partial charge < -0.3 is 15.4 Å². The van der Waals surface area contributed by atoms with Crippen LogP contribution in [0.2, 0.25) is 0 Å². The quantitative estimate of drug-likeness (QED) is 0.786. The van der Waals surface area contributed by atoms with E-state index in [1.165, 1.54) is 0 Å². The minimum absolute atomic E-state index is 0.0384. The molecule has 1 saturated carbocycles. The van der Waals surface area contributed by atoms with Gasteiger partial charge in [0.25, 0.3) is 5.91 Å². The molecule has 0 spiro atoms. The van der Waals surface area contributed by atoms with Crippen LogP contribution in [0.4, 0.5) is 0 Å². The van der Waals surface area contributed by atoms with Crippen molar-refractivity contribution in [3.05, 3.63) is 11.9 Å². The predicted molar refractivity (Wildman–Crippen MR) is 95.5 cm³/mol. The zero-order chi connectivity index (χ0) is 17.9. The molecule has 0 bridgehead atoms. The van der Waals surface area contributed by atoms with E-state index in [0.717, 1.165) is 51.8 Å². The number of nitrogens with zero attached hydrogens (tertiary/aromatic N) is 3. The molecule has 1 amide bonds. The van der Waals surface area contributed by atoms with E-state index >= 15 is 0 Å². The van der Waals surface area contributed by atoms with E-state index in [1.807, 2.05) is 11.6 Å². The van der Waals surface area contributed by atoms with Crippen LogP contribution >= 0.6 is 0 Å². The van der Waals surface area contributed by atoms with E-state index in [1.54, 1.807) is 6.20 Å². The first-order chi connectivity index (χ1) is 12.1. The normalized spacial score (nSPS) is 26.2. The summed E-state index contributed by atoms with van der Waals surface area (Å²) in [5.41, 5.74) is 0.455. The second-order valence-corrected chi connectivity index (χ2v) is 7.21. The maximum absolute atomic E-state index is 12.6. The summed E-state index contributed by atoms with van der Waals surface area (Å²) in [5, 5.41) is 14.8. The molecule has 3 rings (SSSR count). The minimum atomic E-state index is -0.119. The summed E-state index contributed by atoms with van der Waals surface area (Å²) >= 11 is 0. The molecule has 1 aliphatic heterocycles. The zero-order valence-electron chi connectivity index (χ0n) is 15.6. The van der Waals surface area contributed by atoms with Crippen molar-refractivity contribution in [1.82, 2.24) is 25.6 Å². The van der Waals surface area contributed by atoms with Crippen molar-refractivity contribution >= 4 is 5.91 Å². The molecule has 7 heteroatoms. The highest BCUT2D eigenvalue weighted by Gasteiger charge is 2.54. The molecule has 1 aliphatic carbocycles. The Morgan fingerprint density at radius 1 is 1.36 bits per heavy atom. The molecule has 7 nitrogen and oxygen atoms in total. The van der Waals surface area contributed by atoms with Gasteiger partial charge in [-0.25, -0.2) is 4.68 Å². The van der Waals surface area contributed by atoms with Gasteiger partial charge in [0.15, 0.2) is 5.69 Å². The Morgan fingerprint density at radius 3 is 2.72 bits per heavy atom. The SMILES string of the molecule is CCOC1CC(NC(=O)c2cn(C3CCNCC3)nn2)C1(CC)CC. The zero-order valence-corrected chi connectivity index (χ0v) is 15.6. The van der Waals surface area contributed by atoms with E-state index in [0.29, 0.717) is 11.7 Å². The van der Waals surface area contributed by atoms with E-state index in [-0.39, 0.29) is 23.5 Å². The highest BCUT2D eigenvalue weighted by Crippen LogP contribution is 2.48. The largest absolute Gasteiger partial charge is 0.378 e. The summed E-state index contributed by atoms with van der Waals surface area (Å²) in [6, 6.07) is 0.488. The Kier molecular flexibility index (Phi) is 5.74. The molecular weight excluding hydrogens is 318 g/mol. The standard InChI is InChI=1S/C18H31N5O2/c1-4-18(5-2)15(11-16(18)25-6-3)20-17(24)14-12-23(22-21-14)13-7-9-19-10-8-13/h12-13,15-16,19H,4-11H2,1-3H3,(H,20,24). The van der Waals surface area contributed by atoms with Crippen LogP contribution in [0.5, 0.6) is 0 Å². The van der Waals surface area contributed by atoms with Crippen molar-refractivity contribution in [2.24, 2.45) is 5.41 Å². The lowest BCUT2D eigenvalue weighted by Gasteiger charge is -2.55. The van der Waals surface area contributed by atoms with Crippen LogP contribution in [-0.4, -0.2) is 52.7 Å². The molecule has 25 heavy (non-hydrogen) atoms. The Bertz CT molecular complexity index is 578. The molecule has 2 atom stereocenters.